The summed E-state index contributed by atoms with van der Waals surface area (Å²) in [6, 6.07) is 0. The van der Waals surface area contributed by atoms with Crippen LogP contribution in [0.25, 0.3) is 0 Å². The molecule has 1 heterocycles. The molecule has 0 aromatic rings. The van der Waals surface area contributed by atoms with Crippen LogP contribution in [0.3, 0.4) is 0 Å². The maximum Gasteiger partial charge on any atom is 0.225 e. The molecule has 4 heteroatoms. The Labute approximate surface area is 97.1 Å². The van der Waals surface area contributed by atoms with Gasteiger partial charge in [-0.05, 0) is 25.7 Å². The monoisotopic (exact) mass is 226 g/mol. The van der Waals surface area contributed by atoms with Crippen molar-refractivity contribution < 1.29 is 9.63 Å². The number of nitrogens with zero attached hydrogens (tertiary/aromatic N) is 1. The van der Waals surface area contributed by atoms with Crippen molar-refractivity contribution in [3.8, 4) is 0 Å². The number of piperidine rings is 1. The highest BCUT2D eigenvalue weighted by atomic mass is 16.6. The molecule has 2 rings (SSSR count). The van der Waals surface area contributed by atoms with Crippen LogP contribution in [0.15, 0.2) is 0 Å². The Morgan fingerprint density at radius 2 is 1.69 bits per heavy atom. The van der Waals surface area contributed by atoms with E-state index >= 15 is 0 Å². The number of carbonyl (C=O) groups is 1. The average Bonchev–Trinajstić information content (AvgIpc) is 2.39. The molecule has 1 saturated carbocycles. The van der Waals surface area contributed by atoms with Crippen LogP contribution in [0.4, 0.5) is 0 Å². The Morgan fingerprint density at radius 3 is 2.25 bits per heavy atom. The van der Waals surface area contributed by atoms with Crippen molar-refractivity contribution in [2.45, 2.75) is 51.0 Å². The summed E-state index contributed by atoms with van der Waals surface area (Å²) in [5.41, 5.74) is 0. The lowest BCUT2D eigenvalue weighted by Gasteiger charge is -2.34. The molecule has 0 aromatic heterocycles. The summed E-state index contributed by atoms with van der Waals surface area (Å²) in [5.74, 6) is 5.83. The van der Waals surface area contributed by atoms with Gasteiger partial charge in [-0.15, -0.1) is 0 Å². The minimum absolute atomic E-state index is 0.149. The minimum Gasteiger partial charge on any atom is -0.342 e. The fraction of sp³-hybridized carbons (Fsp3) is 0.917. The highest BCUT2D eigenvalue weighted by molar-refractivity contribution is 5.79. The van der Waals surface area contributed by atoms with Crippen molar-refractivity contribution in [2.75, 3.05) is 13.1 Å². The minimum atomic E-state index is 0.149. The van der Waals surface area contributed by atoms with E-state index in [1.54, 1.807) is 0 Å². The number of rotatable bonds is 2. The number of hydrogen-bond donors (Lipinski definition) is 1. The van der Waals surface area contributed by atoms with Gasteiger partial charge in [-0.1, -0.05) is 19.3 Å². The van der Waals surface area contributed by atoms with Gasteiger partial charge in [0.15, 0.2) is 0 Å². The molecule has 0 radical (unpaired) electrons. The summed E-state index contributed by atoms with van der Waals surface area (Å²) in [5, 5.41) is 0. The number of amides is 1. The SMILES string of the molecule is NOC1CCN(C(=O)C2CCCCC2)CC1. The van der Waals surface area contributed by atoms with Crippen LogP contribution in [-0.2, 0) is 9.63 Å². The summed E-state index contributed by atoms with van der Waals surface area (Å²) >= 11 is 0. The maximum absolute atomic E-state index is 12.2. The fourth-order valence-electron chi connectivity index (χ4n) is 2.82. The lowest BCUT2D eigenvalue weighted by Crippen LogP contribution is -2.44. The third kappa shape index (κ3) is 2.74. The fourth-order valence-corrected chi connectivity index (χ4v) is 2.82. The summed E-state index contributed by atoms with van der Waals surface area (Å²) in [6.07, 6.45) is 7.84. The van der Waals surface area contributed by atoms with Crippen LogP contribution in [0.1, 0.15) is 44.9 Å². The first-order valence-corrected chi connectivity index (χ1v) is 6.45. The zero-order chi connectivity index (χ0) is 11.4. The van der Waals surface area contributed by atoms with E-state index in [2.05, 4.69) is 0 Å². The van der Waals surface area contributed by atoms with E-state index in [4.69, 9.17) is 10.7 Å². The number of nitrogens with two attached hydrogens (primary N) is 1. The second kappa shape index (κ2) is 5.64. The molecule has 0 aromatic carbocycles. The molecular weight excluding hydrogens is 204 g/mol. The summed E-state index contributed by atoms with van der Waals surface area (Å²) in [7, 11) is 0. The second-order valence-electron chi connectivity index (χ2n) is 5.00. The van der Waals surface area contributed by atoms with Crippen molar-refractivity contribution in [3.63, 3.8) is 0 Å². The van der Waals surface area contributed by atoms with Crippen LogP contribution in [0.2, 0.25) is 0 Å². The van der Waals surface area contributed by atoms with Crippen LogP contribution in [0.5, 0.6) is 0 Å². The zero-order valence-corrected chi connectivity index (χ0v) is 9.86. The first kappa shape index (κ1) is 11.9. The van der Waals surface area contributed by atoms with Crippen molar-refractivity contribution in [3.05, 3.63) is 0 Å². The van der Waals surface area contributed by atoms with Gasteiger partial charge >= 0.3 is 0 Å². The van der Waals surface area contributed by atoms with Gasteiger partial charge in [-0.3, -0.25) is 4.79 Å². The molecule has 4 nitrogen and oxygen atoms in total. The molecule has 1 aliphatic carbocycles. The predicted octanol–water partition coefficient (Wildman–Crippen LogP) is 1.45. The normalized spacial score (nSPS) is 24.7. The third-order valence-corrected chi connectivity index (χ3v) is 3.90. The topological polar surface area (TPSA) is 55.6 Å². The Bertz CT molecular complexity index is 231. The van der Waals surface area contributed by atoms with E-state index < -0.39 is 0 Å². The molecule has 1 saturated heterocycles. The Hall–Kier alpha value is -0.610. The molecule has 2 N–H and O–H groups in total. The highest BCUT2D eigenvalue weighted by Gasteiger charge is 2.29. The van der Waals surface area contributed by atoms with Gasteiger partial charge in [-0.25, -0.2) is 5.90 Å². The molecule has 1 aliphatic heterocycles. The van der Waals surface area contributed by atoms with E-state index in [0.29, 0.717) is 11.8 Å². The summed E-state index contributed by atoms with van der Waals surface area (Å²) < 4.78 is 0. The van der Waals surface area contributed by atoms with E-state index in [1.165, 1.54) is 19.3 Å². The van der Waals surface area contributed by atoms with Gasteiger partial charge in [0.2, 0.25) is 5.91 Å². The smallest absolute Gasteiger partial charge is 0.225 e. The van der Waals surface area contributed by atoms with Gasteiger partial charge in [0.05, 0.1) is 6.10 Å². The maximum atomic E-state index is 12.2. The van der Waals surface area contributed by atoms with Crippen molar-refractivity contribution in [1.82, 2.24) is 4.90 Å². The van der Waals surface area contributed by atoms with Gasteiger partial charge in [0.1, 0.15) is 0 Å². The highest BCUT2D eigenvalue weighted by Crippen LogP contribution is 2.26. The molecule has 0 spiro atoms. The molecule has 0 atom stereocenters. The molecule has 2 fully saturated rings. The lowest BCUT2D eigenvalue weighted by atomic mass is 9.88. The van der Waals surface area contributed by atoms with Crippen molar-refractivity contribution in [2.24, 2.45) is 11.8 Å². The first-order chi connectivity index (χ1) is 7.81. The van der Waals surface area contributed by atoms with Crippen LogP contribution >= 0.6 is 0 Å². The van der Waals surface area contributed by atoms with Gasteiger partial charge < -0.3 is 9.74 Å². The summed E-state index contributed by atoms with van der Waals surface area (Å²) in [4.78, 5) is 19.0. The molecule has 2 aliphatic rings. The van der Waals surface area contributed by atoms with Crippen molar-refractivity contribution in [1.29, 1.82) is 0 Å². The van der Waals surface area contributed by atoms with Crippen LogP contribution < -0.4 is 5.90 Å². The van der Waals surface area contributed by atoms with Crippen molar-refractivity contribution >= 4 is 5.91 Å². The largest absolute Gasteiger partial charge is 0.342 e. The second-order valence-corrected chi connectivity index (χ2v) is 5.00. The van der Waals surface area contributed by atoms with Gasteiger partial charge in [0, 0.05) is 19.0 Å². The molecule has 0 bridgehead atoms. The summed E-state index contributed by atoms with van der Waals surface area (Å²) in [6.45, 7) is 1.63. The third-order valence-electron chi connectivity index (χ3n) is 3.90. The Morgan fingerprint density at radius 1 is 1.06 bits per heavy atom. The molecule has 92 valence electrons. The first-order valence-electron chi connectivity index (χ1n) is 6.45. The number of likely N-dealkylation sites (tertiary alicyclic amines) is 1. The molecule has 0 unspecified atom stereocenters. The zero-order valence-electron chi connectivity index (χ0n) is 9.86. The van der Waals surface area contributed by atoms with E-state index in [-0.39, 0.29) is 6.10 Å². The van der Waals surface area contributed by atoms with E-state index in [1.807, 2.05) is 4.90 Å². The van der Waals surface area contributed by atoms with E-state index in [9.17, 15) is 4.79 Å². The van der Waals surface area contributed by atoms with E-state index in [0.717, 1.165) is 38.8 Å². The molecular formula is C12H22N2O2. The van der Waals surface area contributed by atoms with Crippen LogP contribution in [-0.4, -0.2) is 30.0 Å². The number of hydrogen-bond acceptors (Lipinski definition) is 3. The average molecular weight is 226 g/mol. The van der Waals surface area contributed by atoms with Gasteiger partial charge in [0.25, 0.3) is 0 Å². The molecule has 1 amide bonds. The van der Waals surface area contributed by atoms with Crippen LogP contribution in [0, 0.1) is 5.92 Å². The van der Waals surface area contributed by atoms with Gasteiger partial charge in [-0.2, -0.15) is 0 Å². The number of carbonyl (C=O) groups excluding carboxylic acids is 1. The Balaban J connectivity index is 1.81. The molecule has 16 heavy (non-hydrogen) atoms. The predicted molar refractivity (Wildman–Crippen MR) is 61.4 cm³/mol. The Kier molecular flexibility index (Phi) is 4.18. The standard InChI is InChI=1S/C12H22N2O2/c13-16-11-6-8-14(9-7-11)12(15)10-4-2-1-3-5-10/h10-11H,1-9,13H2. The lowest BCUT2D eigenvalue weighted by molar-refractivity contribution is -0.139. The quantitative estimate of drug-likeness (QED) is 0.725.